The maximum atomic E-state index is 13.7. The zero-order valence-corrected chi connectivity index (χ0v) is 15.7. The van der Waals surface area contributed by atoms with Gasteiger partial charge in [-0.05, 0) is 32.4 Å². The Labute approximate surface area is 159 Å². The molecule has 0 aliphatic carbocycles. The first-order chi connectivity index (χ1) is 12.7. The largest absolute Gasteiger partial charge is 0.471 e. The van der Waals surface area contributed by atoms with Gasteiger partial charge < -0.3 is 10.5 Å². The van der Waals surface area contributed by atoms with Crippen LogP contribution in [0.2, 0.25) is 5.02 Å². The zero-order valence-electron chi connectivity index (χ0n) is 15.0. The van der Waals surface area contributed by atoms with E-state index in [1.807, 2.05) is 0 Å². The lowest BCUT2D eigenvalue weighted by Crippen LogP contribution is -2.28. The Morgan fingerprint density at radius 3 is 2.67 bits per heavy atom. The number of halogens is 3. The van der Waals surface area contributed by atoms with Gasteiger partial charge in [-0.2, -0.15) is 4.98 Å². The maximum Gasteiger partial charge on any atom is 0.276 e. The third-order valence-electron chi connectivity index (χ3n) is 3.82. The van der Waals surface area contributed by atoms with Crippen LogP contribution in [0.4, 0.5) is 8.78 Å². The van der Waals surface area contributed by atoms with E-state index in [1.165, 1.54) is 10.6 Å². The number of hydrogen-bond acceptors (Lipinski definition) is 4. The minimum atomic E-state index is -0.775. The molecule has 1 aromatic carbocycles. The molecule has 0 aliphatic heterocycles. The van der Waals surface area contributed by atoms with E-state index < -0.39 is 23.1 Å². The molecule has 2 aromatic rings. The molecule has 0 saturated heterocycles. The van der Waals surface area contributed by atoms with Gasteiger partial charge in [0.25, 0.3) is 5.56 Å². The molecule has 0 bridgehead atoms. The van der Waals surface area contributed by atoms with E-state index in [1.54, 1.807) is 13.8 Å². The third-order valence-corrected chi connectivity index (χ3v) is 4.15. The number of nitrogens with two attached hydrogens (primary N) is 1. The summed E-state index contributed by atoms with van der Waals surface area (Å²) < 4.78 is 33.6. The Morgan fingerprint density at radius 1 is 1.37 bits per heavy atom. The summed E-state index contributed by atoms with van der Waals surface area (Å²) in [7, 11) is 0. The molecule has 0 fully saturated rings. The van der Waals surface area contributed by atoms with E-state index in [-0.39, 0.29) is 35.5 Å². The summed E-state index contributed by atoms with van der Waals surface area (Å²) >= 11 is 6.08. The fourth-order valence-electron chi connectivity index (χ4n) is 2.54. The molecule has 2 N–H and O–H groups in total. The van der Waals surface area contributed by atoms with Crippen molar-refractivity contribution in [1.29, 1.82) is 0 Å². The third kappa shape index (κ3) is 5.26. The number of hydrogen-bond donors (Lipinski definition) is 1. The van der Waals surface area contributed by atoms with Gasteiger partial charge in [-0.3, -0.25) is 14.2 Å². The highest BCUT2D eigenvalue weighted by atomic mass is 35.5. The molecule has 0 radical (unpaired) electrons. The normalized spacial score (nSPS) is 11.0. The molecule has 1 amide bonds. The van der Waals surface area contributed by atoms with Gasteiger partial charge in [-0.1, -0.05) is 11.6 Å². The van der Waals surface area contributed by atoms with Gasteiger partial charge in [0, 0.05) is 30.5 Å². The first kappa shape index (κ1) is 20.8. The predicted octanol–water partition coefficient (Wildman–Crippen LogP) is 3.14. The predicted molar refractivity (Wildman–Crippen MR) is 96.7 cm³/mol. The van der Waals surface area contributed by atoms with E-state index in [0.717, 1.165) is 12.1 Å². The minimum Gasteiger partial charge on any atom is -0.471 e. The van der Waals surface area contributed by atoms with Gasteiger partial charge in [0.15, 0.2) is 5.02 Å². The molecule has 1 aromatic heterocycles. The van der Waals surface area contributed by atoms with Gasteiger partial charge in [0.1, 0.15) is 24.1 Å². The summed E-state index contributed by atoms with van der Waals surface area (Å²) in [5.74, 6) is -1.69. The highest BCUT2D eigenvalue weighted by Crippen LogP contribution is 2.22. The number of nitrogens with zero attached hydrogens (tertiary/aromatic N) is 2. The molecule has 0 saturated carbocycles. The van der Waals surface area contributed by atoms with Crippen LogP contribution in [0.5, 0.6) is 5.88 Å². The lowest BCUT2D eigenvalue weighted by Gasteiger charge is -2.18. The number of aromatic nitrogens is 2. The molecular formula is C18H20ClF2N3O3. The van der Waals surface area contributed by atoms with Crippen LogP contribution in [-0.2, 0) is 17.8 Å². The number of benzene rings is 1. The number of carbonyl (C=O) groups excluding carboxylic acids is 1. The van der Waals surface area contributed by atoms with Crippen LogP contribution < -0.4 is 16.0 Å². The minimum absolute atomic E-state index is 0.0950. The van der Waals surface area contributed by atoms with Crippen molar-refractivity contribution in [3.05, 3.63) is 56.6 Å². The number of ether oxygens (including phenoxy) is 1. The number of rotatable bonds is 8. The average Bonchev–Trinajstić information content (AvgIpc) is 2.57. The van der Waals surface area contributed by atoms with Crippen LogP contribution in [0.25, 0.3) is 0 Å². The van der Waals surface area contributed by atoms with E-state index >= 15 is 0 Å². The van der Waals surface area contributed by atoms with Crippen LogP contribution in [0.1, 0.15) is 44.1 Å². The Bertz CT molecular complexity index is 900. The standard InChI is InChI=1S/C18H20ClF2N3O3/c1-10(2)24-15(5-3-4-14(22)25)23-17(16(19)18(24)26)27-9-11-6-7-12(20)8-13(11)21/h6-8,10H,3-5,9H2,1-2H3,(H2,22,25). The van der Waals surface area contributed by atoms with Gasteiger partial charge in [-0.15, -0.1) is 0 Å². The quantitative estimate of drug-likeness (QED) is 0.738. The number of amides is 1. The highest BCUT2D eigenvalue weighted by Gasteiger charge is 2.19. The molecule has 2 rings (SSSR count). The van der Waals surface area contributed by atoms with E-state index in [9.17, 15) is 18.4 Å². The summed E-state index contributed by atoms with van der Waals surface area (Å²) in [6, 6.07) is 2.86. The fraction of sp³-hybridized carbons (Fsp3) is 0.389. The second-order valence-corrected chi connectivity index (χ2v) is 6.64. The van der Waals surface area contributed by atoms with Crippen molar-refractivity contribution in [3.8, 4) is 5.88 Å². The molecule has 0 atom stereocenters. The van der Waals surface area contributed by atoms with Crippen molar-refractivity contribution in [2.75, 3.05) is 0 Å². The topological polar surface area (TPSA) is 87.2 Å². The second kappa shape index (κ2) is 8.94. The van der Waals surface area contributed by atoms with E-state index in [0.29, 0.717) is 18.7 Å². The molecule has 1 heterocycles. The van der Waals surface area contributed by atoms with Crippen LogP contribution in [0.15, 0.2) is 23.0 Å². The first-order valence-electron chi connectivity index (χ1n) is 8.36. The Hall–Kier alpha value is -2.48. The molecule has 0 aliphatic rings. The van der Waals surface area contributed by atoms with Crippen LogP contribution in [-0.4, -0.2) is 15.5 Å². The lowest BCUT2D eigenvalue weighted by atomic mass is 10.2. The zero-order chi connectivity index (χ0) is 20.1. The molecule has 27 heavy (non-hydrogen) atoms. The first-order valence-corrected chi connectivity index (χ1v) is 8.74. The lowest BCUT2D eigenvalue weighted by molar-refractivity contribution is -0.118. The Balaban J connectivity index is 2.31. The highest BCUT2D eigenvalue weighted by molar-refractivity contribution is 6.31. The summed E-state index contributed by atoms with van der Waals surface area (Å²) in [5.41, 5.74) is 4.74. The van der Waals surface area contributed by atoms with Crippen LogP contribution >= 0.6 is 11.6 Å². The van der Waals surface area contributed by atoms with Crippen LogP contribution in [0, 0.1) is 11.6 Å². The van der Waals surface area contributed by atoms with Gasteiger partial charge >= 0.3 is 0 Å². The SMILES string of the molecule is CC(C)n1c(CCCC(N)=O)nc(OCc2ccc(F)cc2F)c(Cl)c1=O. The Morgan fingerprint density at radius 2 is 2.07 bits per heavy atom. The summed E-state index contributed by atoms with van der Waals surface area (Å²) in [6.07, 6.45) is 0.866. The smallest absolute Gasteiger partial charge is 0.276 e. The van der Waals surface area contributed by atoms with Crippen molar-refractivity contribution >= 4 is 17.5 Å². The number of aryl methyl sites for hydroxylation is 1. The van der Waals surface area contributed by atoms with E-state index in [2.05, 4.69) is 4.98 Å². The molecule has 146 valence electrons. The van der Waals surface area contributed by atoms with Gasteiger partial charge in [-0.25, -0.2) is 8.78 Å². The van der Waals surface area contributed by atoms with Crippen molar-refractivity contribution in [1.82, 2.24) is 9.55 Å². The summed E-state index contributed by atoms with van der Waals surface area (Å²) in [6.45, 7) is 3.32. The van der Waals surface area contributed by atoms with Gasteiger partial charge in [0.05, 0.1) is 0 Å². The van der Waals surface area contributed by atoms with Crippen molar-refractivity contribution in [2.24, 2.45) is 5.73 Å². The number of primary amides is 1. The molecular weight excluding hydrogens is 380 g/mol. The Kier molecular flexibility index (Phi) is 6.90. The monoisotopic (exact) mass is 399 g/mol. The van der Waals surface area contributed by atoms with Crippen molar-refractivity contribution in [3.63, 3.8) is 0 Å². The summed E-state index contributed by atoms with van der Waals surface area (Å²) in [5, 5.41) is -0.232. The number of carbonyl (C=O) groups is 1. The molecule has 6 nitrogen and oxygen atoms in total. The second-order valence-electron chi connectivity index (χ2n) is 6.26. The van der Waals surface area contributed by atoms with Crippen LogP contribution in [0.3, 0.4) is 0 Å². The van der Waals surface area contributed by atoms with E-state index in [4.69, 9.17) is 22.1 Å². The molecule has 0 spiro atoms. The molecule has 0 unspecified atom stereocenters. The van der Waals surface area contributed by atoms with Crippen molar-refractivity contribution < 1.29 is 18.3 Å². The fourth-order valence-corrected chi connectivity index (χ4v) is 2.73. The average molecular weight is 400 g/mol. The maximum absolute atomic E-state index is 13.7. The van der Waals surface area contributed by atoms with Gasteiger partial charge in [0.2, 0.25) is 11.8 Å². The van der Waals surface area contributed by atoms with Crippen molar-refractivity contribution in [2.45, 2.75) is 45.8 Å². The molecule has 9 heteroatoms. The summed E-state index contributed by atoms with van der Waals surface area (Å²) in [4.78, 5) is 27.8.